The first-order valence-corrected chi connectivity index (χ1v) is 7.32. The highest BCUT2D eigenvalue weighted by molar-refractivity contribution is 5.27. The second-order valence-corrected chi connectivity index (χ2v) is 5.19. The van der Waals surface area contributed by atoms with Crippen molar-refractivity contribution < 1.29 is 9.47 Å². The summed E-state index contributed by atoms with van der Waals surface area (Å²) in [6.07, 6.45) is 6.82. The maximum absolute atomic E-state index is 5.69. The van der Waals surface area contributed by atoms with Crippen LogP contribution in [0.3, 0.4) is 0 Å². The number of hydrogen-bond donors (Lipinski definition) is 1. The largest absolute Gasteiger partial charge is 0.497 e. The molecular weight excluding hydrogens is 238 g/mol. The van der Waals surface area contributed by atoms with E-state index in [0.717, 1.165) is 24.5 Å². The van der Waals surface area contributed by atoms with E-state index in [9.17, 15) is 0 Å². The predicted octanol–water partition coefficient (Wildman–Crippen LogP) is 3.13. The fraction of sp³-hybridized carbons (Fsp3) is 0.625. The smallest absolute Gasteiger partial charge is 0.119 e. The average Bonchev–Trinajstić information content (AvgIpc) is 2.48. The van der Waals surface area contributed by atoms with Gasteiger partial charge in [0.25, 0.3) is 0 Å². The molecule has 0 saturated heterocycles. The van der Waals surface area contributed by atoms with Crippen molar-refractivity contribution in [3.05, 3.63) is 29.8 Å². The number of hydrogen-bond acceptors (Lipinski definition) is 3. The molecule has 0 aromatic heterocycles. The van der Waals surface area contributed by atoms with Crippen LogP contribution < -0.4 is 10.1 Å². The fourth-order valence-electron chi connectivity index (χ4n) is 2.59. The maximum atomic E-state index is 5.69. The molecule has 0 heterocycles. The lowest BCUT2D eigenvalue weighted by atomic mass is 9.96. The Balaban J connectivity index is 1.58. The van der Waals surface area contributed by atoms with Crippen LogP contribution in [0.15, 0.2) is 24.3 Å². The first-order chi connectivity index (χ1) is 9.38. The van der Waals surface area contributed by atoms with E-state index >= 15 is 0 Å². The Morgan fingerprint density at radius 2 is 2.05 bits per heavy atom. The molecular formula is C16H25NO2. The monoisotopic (exact) mass is 263 g/mol. The van der Waals surface area contributed by atoms with E-state index in [-0.39, 0.29) is 0 Å². The summed E-state index contributed by atoms with van der Waals surface area (Å²) in [5.74, 6) is 0.890. The molecule has 0 radical (unpaired) electrons. The molecule has 1 aliphatic carbocycles. The van der Waals surface area contributed by atoms with Gasteiger partial charge in [-0.2, -0.15) is 0 Å². The number of benzene rings is 1. The van der Waals surface area contributed by atoms with Crippen LogP contribution in [0.4, 0.5) is 0 Å². The first-order valence-electron chi connectivity index (χ1n) is 7.32. The second kappa shape index (κ2) is 8.18. The summed E-state index contributed by atoms with van der Waals surface area (Å²) in [6, 6.07) is 8.76. The van der Waals surface area contributed by atoms with Crippen molar-refractivity contribution in [3.63, 3.8) is 0 Å². The summed E-state index contributed by atoms with van der Waals surface area (Å²) < 4.78 is 10.9. The van der Waals surface area contributed by atoms with E-state index in [0.29, 0.717) is 12.6 Å². The van der Waals surface area contributed by atoms with Crippen molar-refractivity contribution in [2.45, 2.75) is 44.8 Å². The quantitative estimate of drug-likeness (QED) is 0.767. The highest BCUT2D eigenvalue weighted by atomic mass is 16.5. The summed E-state index contributed by atoms with van der Waals surface area (Å²) in [4.78, 5) is 0. The third-order valence-corrected chi connectivity index (χ3v) is 3.69. The highest BCUT2D eigenvalue weighted by Gasteiger charge is 2.11. The van der Waals surface area contributed by atoms with E-state index in [1.54, 1.807) is 7.11 Å². The van der Waals surface area contributed by atoms with Gasteiger partial charge in [0.05, 0.1) is 20.3 Å². The van der Waals surface area contributed by atoms with Crippen molar-refractivity contribution in [2.75, 3.05) is 20.3 Å². The van der Waals surface area contributed by atoms with Crippen molar-refractivity contribution in [3.8, 4) is 5.75 Å². The third-order valence-electron chi connectivity index (χ3n) is 3.69. The second-order valence-electron chi connectivity index (χ2n) is 5.19. The standard InChI is InChI=1S/C16H25NO2/c1-18-16-9-5-6-14(12-16)13-19-11-10-17-15-7-3-2-4-8-15/h5-6,9,12,15,17H,2-4,7-8,10-11,13H2,1H3. The van der Waals surface area contributed by atoms with Crippen LogP contribution in [0.2, 0.25) is 0 Å². The maximum Gasteiger partial charge on any atom is 0.119 e. The lowest BCUT2D eigenvalue weighted by Crippen LogP contribution is -2.33. The highest BCUT2D eigenvalue weighted by Crippen LogP contribution is 2.17. The van der Waals surface area contributed by atoms with Gasteiger partial charge in [0.1, 0.15) is 5.75 Å². The lowest BCUT2D eigenvalue weighted by Gasteiger charge is -2.22. The van der Waals surface area contributed by atoms with Gasteiger partial charge in [-0.25, -0.2) is 0 Å². The van der Waals surface area contributed by atoms with E-state index < -0.39 is 0 Å². The Labute approximate surface area is 116 Å². The molecule has 19 heavy (non-hydrogen) atoms. The lowest BCUT2D eigenvalue weighted by molar-refractivity contribution is 0.119. The van der Waals surface area contributed by atoms with Gasteiger partial charge in [-0.3, -0.25) is 0 Å². The van der Waals surface area contributed by atoms with Crippen LogP contribution in [-0.2, 0) is 11.3 Å². The van der Waals surface area contributed by atoms with Gasteiger partial charge >= 0.3 is 0 Å². The molecule has 1 N–H and O–H groups in total. The molecule has 0 unspecified atom stereocenters. The predicted molar refractivity (Wildman–Crippen MR) is 77.5 cm³/mol. The van der Waals surface area contributed by atoms with Crippen LogP contribution in [-0.4, -0.2) is 26.3 Å². The van der Waals surface area contributed by atoms with Gasteiger partial charge in [0.15, 0.2) is 0 Å². The Morgan fingerprint density at radius 1 is 1.21 bits per heavy atom. The van der Waals surface area contributed by atoms with Crippen molar-refractivity contribution in [1.29, 1.82) is 0 Å². The molecule has 0 amide bonds. The van der Waals surface area contributed by atoms with Crippen molar-refractivity contribution >= 4 is 0 Å². The normalized spacial score (nSPS) is 16.5. The summed E-state index contributed by atoms with van der Waals surface area (Å²) in [6.45, 7) is 2.38. The molecule has 1 aliphatic rings. The van der Waals surface area contributed by atoms with E-state index in [1.807, 2.05) is 18.2 Å². The minimum absolute atomic E-state index is 0.656. The van der Waals surface area contributed by atoms with Crippen molar-refractivity contribution in [1.82, 2.24) is 5.32 Å². The Hall–Kier alpha value is -1.06. The van der Waals surface area contributed by atoms with E-state index in [2.05, 4.69) is 11.4 Å². The van der Waals surface area contributed by atoms with Gasteiger partial charge in [0.2, 0.25) is 0 Å². The average molecular weight is 263 g/mol. The fourth-order valence-corrected chi connectivity index (χ4v) is 2.59. The Bertz CT molecular complexity index is 362. The van der Waals surface area contributed by atoms with Crippen LogP contribution >= 0.6 is 0 Å². The molecule has 3 nitrogen and oxygen atoms in total. The van der Waals surface area contributed by atoms with Crippen LogP contribution in [0.5, 0.6) is 5.75 Å². The van der Waals surface area contributed by atoms with E-state index in [4.69, 9.17) is 9.47 Å². The molecule has 0 atom stereocenters. The molecule has 1 fully saturated rings. The Kier molecular flexibility index (Phi) is 6.18. The zero-order valence-electron chi connectivity index (χ0n) is 11.9. The summed E-state index contributed by atoms with van der Waals surface area (Å²) in [5, 5.41) is 3.58. The summed E-state index contributed by atoms with van der Waals surface area (Å²) in [7, 11) is 1.69. The Morgan fingerprint density at radius 3 is 2.84 bits per heavy atom. The molecule has 0 spiro atoms. The van der Waals surface area contributed by atoms with Gasteiger partial charge < -0.3 is 14.8 Å². The summed E-state index contributed by atoms with van der Waals surface area (Å²) >= 11 is 0. The van der Waals surface area contributed by atoms with Crippen LogP contribution in [0.25, 0.3) is 0 Å². The first kappa shape index (κ1) is 14.4. The van der Waals surface area contributed by atoms with Crippen LogP contribution in [0, 0.1) is 0 Å². The zero-order chi connectivity index (χ0) is 13.3. The molecule has 0 aliphatic heterocycles. The molecule has 1 aromatic carbocycles. The molecule has 0 bridgehead atoms. The van der Waals surface area contributed by atoms with Crippen molar-refractivity contribution in [2.24, 2.45) is 0 Å². The number of rotatable bonds is 7. The van der Waals surface area contributed by atoms with E-state index in [1.165, 1.54) is 32.1 Å². The zero-order valence-corrected chi connectivity index (χ0v) is 11.9. The third kappa shape index (κ3) is 5.21. The summed E-state index contributed by atoms with van der Waals surface area (Å²) in [5.41, 5.74) is 1.16. The molecule has 1 saturated carbocycles. The number of nitrogens with one attached hydrogen (secondary N) is 1. The molecule has 2 rings (SSSR count). The SMILES string of the molecule is COc1cccc(COCCNC2CCCCC2)c1. The van der Waals surface area contributed by atoms with Gasteiger partial charge in [-0.15, -0.1) is 0 Å². The van der Waals surface area contributed by atoms with Gasteiger partial charge in [0, 0.05) is 12.6 Å². The molecule has 1 aromatic rings. The van der Waals surface area contributed by atoms with Crippen LogP contribution in [0.1, 0.15) is 37.7 Å². The number of ether oxygens (including phenoxy) is 2. The minimum Gasteiger partial charge on any atom is -0.497 e. The molecule has 106 valence electrons. The van der Waals surface area contributed by atoms with Gasteiger partial charge in [-0.1, -0.05) is 31.4 Å². The topological polar surface area (TPSA) is 30.5 Å². The van der Waals surface area contributed by atoms with Gasteiger partial charge in [-0.05, 0) is 30.5 Å². The minimum atomic E-state index is 0.656. The molecule has 3 heteroatoms. The number of methoxy groups -OCH3 is 1.